The Labute approximate surface area is 105 Å². The minimum Gasteiger partial charge on any atom is -0.336 e. The second kappa shape index (κ2) is 4.70. The van der Waals surface area contributed by atoms with Crippen molar-refractivity contribution in [1.82, 2.24) is 14.5 Å². The van der Waals surface area contributed by atoms with Gasteiger partial charge in [0.15, 0.2) is 0 Å². The Kier molecular flexibility index (Phi) is 3.44. The first-order valence-corrected chi connectivity index (χ1v) is 6.65. The Hall–Kier alpha value is -1.01. The normalized spacial score (nSPS) is 24.6. The molecule has 2 N–H and O–H groups in total. The third kappa shape index (κ3) is 2.32. The van der Waals surface area contributed by atoms with Crippen molar-refractivity contribution in [2.24, 2.45) is 11.7 Å². The van der Waals surface area contributed by atoms with E-state index in [0.717, 1.165) is 12.2 Å². The fourth-order valence-corrected chi connectivity index (χ4v) is 2.81. The summed E-state index contributed by atoms with van der Waals surface area (Å²) in [6.07, 6.45) is 0. The van der Waals surface area contributed by atoms with Crippen LogP contribution in [-0.2, 0) is 0 Å². The minimum atomic E-state index is 0.0310. The minimum absolute atomic E-state index is 0.0310. The van der Waals surface area contributed by atoms with Crippen LogP contribution < -0.4 is 5.73 Å². The second-order valence-electron chi connectivity index (χ2n) is 4.99. The average Bonchev–Trinajstić information content (AvgIpc) is 2.85. The molecule has 1 aliphatic rings. The third-order valence-corrected chi connectivity index (χ3v) is 3.94. The van der Waals surface area contributed by atoms with Crippen LogP contribution in [0.3, 0.4) is 0 Å². The van der Waals surface area contributed by atoms with Crippen LogP contribution in [-0.4, -0.2) is 39.5 Å². The van der Waals surface area contributed by atoms with Crippen molar-refractivity contribution < 1.29 is 4.79 Å². The molecule has 5 nitrogen and oxygen atoms in total. The van der Waals surface area contributed by atoms with Gasteiger partial charge in [-0.3, -0.25) is 4.79 Å². The SMILES string of the molecule is CC(C)c1nnsc1C(=O)N1CC(C)C(N)C1. The van der Waals surface area contributed by atoms with Gasteiger partial charge in [0, 0.05) is 19.1 Å². The number of hydrogen-bond donors (Lipinski definition) is 1. The van der Waals surface area contributed by atoms with E-state index in [2.05, 4.69) is 16.5 Å². The molecular weight excluding hydrogens is 236 g/mol. The summed E-state index contributed by atoms with van der Waals surface area (Å²) in [6, 6.07) is 0.0855. The van der Waals surface area contributed by atoms with Crippen LogP contribution in [0.5, 0.6) is 0 Å². The fraction of sp³-hybridized carbons (Fsp3) is 0.727. The van der Waals surface area contributed by atoms with E-state index in [-0.39, 0.29) is 17.9 Å². The number of carbonyl (C=O) groups excluding carboxylic acids is 1. The van der Waals surface area contributed by atoms with Crippen molar-refractivity contribution in [1.29, 1.82) is 0 Å². The first-order valence-electron chi connectivity index (χ1n) is 5.87. The van der Waals surface area contributed by atoms with Gasteiger partial charge >= 0.3 is 0 Å². The highest BCUT2D eigenvalue weighted by Gasteiger charge is 2.32. The van der Waals surface area contributed by atoms with E-state index in [9.17, 15) is 4.79 Å². The monoisotopic (exact) mass is 254 g/mol. The van der Waals surface area contributed by atoms with Crippen LogP contribution in [0.4, 0.5) is 0 Å². The largest absolute Gasteiger partial charge is 0.336 e. The van der Waals surface area contributed by atoms with Crippen molar-refractivity contribution in [2.75, 3.05) is 13.1 Å². The molecule has 1 aromatic heterocycles. The average molecular weight is 254 g/mol. The van der Waals surface area contributed by atoms with Crippen LogP contribution in [0.1, 0.15) is 42.1 Å². The van der Waals surface area contributed by atoms with E-state index in [0.29, 0.717) is 17.3 Å². The molecule has 0 spiro atoms. The Bertz CT molecular complexity index is 407. The standard InChI is InChI=1S/C11H18N4OS/c1-6(2)9-10(17-14-13-9)11(16)15-4-7(3)8(12)5-15/h6-8H,4-5,12H2,1-3H3. The van der Waals surface area contributed by atoms with E-state index in [1.807, 2.05) is 18.7 Å². The van der Waals surface area contributed by atoms with Crippen LogP contribution in [0, 0.1) is 5.92 Å². The zero-order valence-electron chi connectivity index (χ0n) is 10.4. The Morgan fingerprint density at radius 2 is 2.24 bits per heavy atom. The topological polar surface area (TPSA) is 72.1 Å². The molecule has 0 radical (unpaired) electrons. The Balaban J connectivity index is 2.18. The maximum Gasteiger partial charge on any atom is 0.267 e. The van der Waals surface area contributed by atoms with E-state index >= 15 is 0 Å². The number of nitrogens with zero attached hydrogens (tertiary/aromatic N) is 3. The number of carbonyl (C=O) groups is 1. The first-order chi connectivity index (χ1) is 8.00. The van der Waals surface area contributed by atoms with Gasteiger partial charge < -0.3 is 10.6 Å². The van der Waals surface area contributed by atoms with Crippen molar-refractivity contribution in [3.63, 3.8) is 0 Å². The first kappa shape index (κ1) is 12.4. The molecule has 0 bridgehead atoms. The highest BCUT2D eigenvalue weighted by atomic mass is 32.1. The number of amides is 1. The molecule has 1 aliphatic heterocycles. The lowest BCUT2D eigenvalue weighted by Gasteiger charge is -2.15. The smallest absolute Gasteiger partial charge is 0.267 e. The molecular formula is C11H18N4OS. The van der Waals surface area contributed by atoms with Gasteiger partial charge in [0.05, 0.1) is 5.69 Å². The van der Waals surface area contributed by atoms with Gasteiger partial charge in [-0.1, -0.05) is 25.3 Å². The molecule has 0 saturated carbocycles. The molecule has 2 rings (SSSR count). The van der Waals surface area contributed by atoms with Crippen molar-refractivity contribution >= 4 is 17.4 Å². The van der Waals surface area contributed by atoms with Gasteiger partial charge in [0.2, 0.25) is 0 Å². The lowest BCUT2D eigenvalue weighted by molar-refractivity contribution is 0.0790. The highest BCUT2D eigenvalue weighted by molar-refractivity contribution is 7.08. The number of likely N-dealkylation sites (tertiary alicyclic amines) is 1. The molecule has 17 heavy (non-hydrogen) atoms. The second-order valence-corrected chi connectivity index (χ2v) is 5.75. The molecule has 1 saturated heterocycles. The molecule has 0 aliphatic carbocycles. The third-order valence-electron chi connectivity index (χ3n) is 3.21. The van der Waals surface area contributed by atoms with E-state index in [1.54, 1.807) is 0 Å². The summed E-state index contributed by atoms with van der Waals surface area (Å²) in [4.78, 5) is 14.8. The fourth-order valence-electron chi connectivity index (χ4n) is 2.03. The molecule has 1 amide bonds. The molecule has 1 aromatic rings. The van der Waals surface area contributed by atoms with Crippen LogP contribution in [0.2, 0.25) is 0 Å². The maximum absolute atomic E-state index is 12.3. The van der Waals surface area contributed by atoms with Crippen LogP contribution >= 0.6 is 11.5 Å². The number of rotatable bonds is 2. The molecule has 94 valence electrons. The maximum atomic E-state index is 12.3. The predicted octanol–water partition coefficient (Wildman–Crippen LogP) is 1.08. The van der Waals surface area contributed by atoms with Gasteiger partial charge in [0.1, 0.15) is 4.88 Å². The van der Waals surface area contributed by atoms with Crippen LogP contribution in [0.25, 0.3) is 0 Å². The summed E-state index contributed by atoms with van der Waals surface area (Å²) in [5, 5.41) is 4.04. The van der Waals surface area contributed by atoms with Gasteiger partial charge in [0.25, 0.3) is 5.91 Å². The molecule has 6 heteroatoms. The van der Waals surface area contributed by atoms with Crippen molar-refractivity contribution in [3.05, 3.63) is 10.6 Å². The molecule has 1 fully saturated rings. The van der Waals surface area contributed by atoms with E-state index < -0.39 is 0 Å². The van der Waals surface area contributed by atoms with Crippen molar-refractivity contribution in [3.8, 4) is 0 Å². The highest BCUT2D eigenvalue weighted by Crippen LogP contribution is 2.24. The zero-order valence-corrected chi connectivity index (χ0v) is 11.2. The van der Waals surface area contributed by atoms with Gasteiger partial charge in [-0.25, -0.2) is 0 Å². The quantitative estimate of drug-likeness (QED) is 0.857. The predicted molar refractivity (Wildman–Crippen MR) is 67.0 cm³/mol. The summed E-state index contributed by atoms with van der Waals surface area (Å²) in [7, 11) is 0. The lowest BCUT2D eigenvalue weighted by atomic mass is 10.1. The lowest BCUT2D eigenvalue weighted by Crippen LogP contribution is -2.32. The molecule has 2 unspecified atom stereocenters. The summed E-state index contributed by atoms with van der Waals surface area (Å²) >= 11 is 1.18. The van der Waals surface area contributed by atoms with E-state index in [1.165, 1.54) is 11.5 Å². The number of hydrogen-bond acceptors (Lipinski definition) is 5. The molecule has 2 atom stereocenters. The van der Waals surface area contributed by atoms with E-state index in [4.69, 9.17) is 5.73 Å². The Morgan fingerprint density at radius 3 is 2.76 bits per heavy atom. The number of nitrogens with two attached hydrogens (primary N) is 1. The molecule has 0 aromatic carbocycles. The summed E-state index contributed by atoms with van der Waals surface area (Å²) in [5.41, 5.74) is 6.74. The summed E-state index contributed by atoms with van der Waals surface area (Å²) in [6.45, 7) is 7.48. The summed E-state index contributed by atoms with van der Waals surface area (Å²) < 4.78 is 3.89. The van der Waals surface area contributed by atoms with Crippen LogP contribution in [0.15, 0.2) is 0 Å². The zero-order chi connectivity index (χ0) is 12.6. The van der Waals surface area contributed by atoms with Crippen molar-refractivity contribution in [2.45, 2.75) is 32.7 Å². The number of aromatic nitrogens is 2. The Morgan fingerprint density at radius 1 is 1.53 bits per heavy atom. The van der Waals surface area contributed by atoms with Gasteiger partial charge in [-0.15, -0.1) is 5.10 Å². The van der Waals surface area contributed by atoms with Gasteiger partial charge in [-0.05, 0) is 23.4 Å². The summed E-state index contributed by atoms with van der Waals surface area (Å²) in [5.74, 6) is 0.618. The van der Waals surface area contributed by atoms with Gasteiger partial charge in [-0.2, -0.15) is 0 Å². The molecule has 2 heterocycles.